The highest BCUT2D eigenvalue weighted by Gasteiger charge is 2.28. The van der Waals surface area contributed by atoms with Crippen molar-refractivity contribution < 1.29 is 27.4 Å². The third-order valence-electron chi connectivity index (χ3n) is 5.37. The second-order valence-corrected chi connectivity index (χ2v) is 9.62. The summed E-state index contributed by atoms with van der Waals surface area (Å²) in [5, 5.41) is 0.301. The summed E-state index contributed by atoms with van der Waals surface area (Å²) in [7, 11) is 0.830. The zero-order valence-electron chi connectivity index (χ0n) is 18.9. The first-order valence-corrected chi connectivity index (χ1v) is 12.1. The fourth-order valence-corrected chi connectivity index (χ4v) is 5.17. The van der Waals surface area contributed by atoms with E-state index in [1.54, 1.807) is 50.5 Å². The van der Waals surface area contributed by atoms with E-state index in [2.05, 4.69) is 4.72 Å². The lowest BCUT2D eigenvalue weighted by Gasteiger charge is -2.30. The van der Waals surface area contributed by atoms with Gasteiger partial charge in [0.15, 0.2) is 0 Å². The SMILES string of the molecule is COc1cc(OC)c(C2=CCN(C(=O)C(C)NS(=O)(=O)c3cccc(Cl)c3)CC2)c(OC)c1. The normalized spacial score (nSPS) is 14.9. The topological polar surface area (TPSA) is 94.2 Å². The molecule has 1 unspecified atom stereocenters. The number of benzene rings is 2. The molecule has 0 radical (unpaired) electrons. The summed E-state index contributed by atoms with van der Waals surface area (Å²) in [4.78, 5) is 14.5. The van der Waals surface area contributed by atoms with Crippen molar-refractivity contribution in [1.29, 1.82) is 0 Å². The van der Waals surface area contributed by atoms with Crippen LogP contribution in [-0.4, -0.2) is 59.7 Å². The minimum atomic E-state index is -3.89. The van der Waals surface area contributed by atoms with Crippen LogP contribution in [0.1, 0.15) is 18.9 Å². The molecule has 8 nitrogen and oxygen atoms in total. The van der Waals surface area contributed by atoms with Gasteiger partial charge in [-0.15, -0.1) is 0 Å². The average molecular weight is 495 g/mol. The van der Waals surface area contributed by atoms with Crippen LogP contribution in [0.4, 0.5) is 0 Å². The van der Waals surface area contributed by atoms with Gasteiger partial charge < -0.3 is 19.1 Å². The highest BCUT2D eigenvalue weighted by molar-refractivity contribution is 7.89. The number of carbonyl (C=O) groups excluding carboxylic acids is 1. The first kappa shape index (κ1) is 24.9. The van der Waals surface area contributed by atoms with Crippen LogP contribution in [-0.2, 0) is 14.8 Å². The number of halogens is 1. The summed E-state index contributed by atoms with van der Waals surface area (Å²) in [5.41, 5.74) is 1.78. The molecule has 33 heavy (non-hydrogen) atoms. The molecule has 2 aromatic rings. The third kappa shape index (κ3) is 5.61. The van der Waals surface area contributed by atoms with Gasteiger partial charge in [-0.2, -0.15) is 4.72 Å². The van der Waals surface area contributed by atoms with Crippen molar-refractivity contribution >= 4 is 33.1 Å². The number of hydrogen-bond donors (Lipinski definition) is 1. The maximum atomic E-state index is 12.9. The monoisotopic (exact) mass is 494 g/mol. The van der Waals surface area contributed by atoms with Crippen LogP contribution in [0.25, 0.3) is 5.57 Å². The van der Waals surface area contributed by atoms with Crippen molar-refractivity contribution in [2.45, 2.75) is 24.3 Å². The summed E-state index contributed by atoms with van der Waals surface area (Å²) in [6, 6.07) is 8.52. The van der Waals surface area contributed by atoms with E-state index >= 15 is 0 Å². The minimum absolute atomic E-state index is 0.00849. The van der Waals surface area contributed by atoms with E-state index < -0.39 is 16.1 Å². The van der Waals surface area contributed by atoms with E-state index in [9.17, 15) is 13.2 Å². The van der Waals surface area contributed by atoms with Crippen molar-refractivity contribution in [3.8, 4) is 17.2 Å². The molecule has 178 valence electrons. The molecule has 0 fully saturated rings. The zero-order chi connectivity index (χ0) is 24.2. The van der Waals surface area contributed by atoms with Crippen LogP contribution in [0, 0.1) is 0 Å². The number of ether oxygens (including phenoxy) is 3. The van der Waals surface area contributed by atoms with Crippen LogP contribution in [0.5, 0.6) is 17.2 Å². The van der Waals surface area contributed by atoms with Crippen molar-refractivity contribution in [3.63, 3.8) is 0 Å². The van der Waals surface area contributed by atoms with E-state index in [0.29, 0.717) is 41.8 Å². The van der Waals surface area contributed by atoms with Gasteiger partial charge in [0.1, 0.15) is 17.2 Å². The quantitative estimate of drug-likeness (QED) is 0.605. The lowest BCUT2D eigenvalue weighted by Crippen LogP contribution is -2.48. The Labute approximate surface area is 199 Å². The fourth-order valence-electron chi connectivity index (χ4n) is 3.68. The largest absolute Gasteiger partial charge is 0.496 e. The van der Waals surface area contributed by atoms with Crippen molar-refractivity contribution in [2.75, 3.05) is 34.4 Å². The molecule has 0 aliphatic carbocycles. The van der Waals surface area contributed by atoms with Gasteiger partial charge in [-0.1, -0.05) is 23.7 Å². The number of carbonyl (C=O) groups is 1. The van der Waals surface area contributed by atoms with E-state index in [1.165, 1.54) is 19.1 Å². The second-order valence-electron chi connectivity index (χ2n) is 7.47. The molecule has 2 aromatic carbocycles. The molecule has 1 amide bonds. The Morgan fingerprint density at radius 3 is 2.27 bits per heavy atom. The molecular weight excluding hydrogens is 468 g/mol. The number of sulfonamides is 1. The van der Waals surface area contributed by atoms with E-state index in [-0.39, 0.29) is 10.8 Å². The number of amides is 1. The predicted molar refractivity (Wildman–Crippen MR) is 127 cm³/mol. The zero-order valence-corrected chi connectivity index (χ0v) is 20.5. The molecule has 0 saturated carbocycles. The van der Waals surface area contributed by atoms with Gasteiger partial charge in [-0.25, -0.2) is 8.42 Å². The molecule has 10 heteroatoms. The molecule has 1 aliphatic rings. The predicted octanol–water partition coefficient (Wildman–Crippen LogP) is 3.35. The minimum Gasteiger partial charge on any atom is -0.496 e. The fraction of sp³-hybridized carbons (Fsp3) is 0.348. The first-order valence-electron chi connectivity index (χ1n) is 10.3. The Hall–Kier alpha value is -2.75. The maximum Gasteiger partial charge on any atom is 0.241 e. The molecule has 0 aromatic heterocycles. The molecule has 0 bridgehead atoms. The average Bonchev–Trinajstić information content (AvgIpc) is 2.82. The molecule has 1 aliphatic heterocycles. The van der Waals surface area contributed by atoms with E-state index in [0.717, 1.165) is 11.1 Å². The smallest absolute Gasteiger partial charge is 0.241 e. The molecular formula is C23H27ClN2O6S. The maximum absolute atomic E-state index is 12.9. The summed E-state index contributed by atoms with van der Waals surface area (Å²) in [6.07, 6.45) is 2.48. The van der Waals surface area contributed by atoms with Crippen molar-refractivity contribution in [2.24, 2.45) is 0 Å². The molecule has 1 atom stereocenters. The van der Waals surface area contributed by atoms with Gasteiger partial charge in [0.05, 0.1) is 37.8 Å². The second kappa shape index (κ2) is 10.5. The number of hydrogen-bond acceptors (Lipinski definition) is 6. The molecule has 3 rings (SSSR count). The van der Waals surface area contributed by atoms with Gasteiger partial charge in [0.25, 0.3) is 0 Å². The van der Waals surface area contributed by atoms with E-state index in [1.807, 2.05) is 6.08 Å². The van der Waals surface area contributed by atoms with Gasteiger partial charge in [-0.05, 0) is 37.1 Å². The number of nitrogens with one attached hydrogen (secondary N) is 1. The van der Waals surface area contributed by atoms with Gasteiger partial charge in [0, 0.05) is 30.2 Å². The Morgan fingerprint density at radius 2 is 1.76 bits per heavy atom. The highest BCUT2D eigenvalue weighted by atomic mass is 35.5. The standard InChI is InChI=1S/C23H27ClN2O6S/c1-15(25-33(28,29)19-7-5-6-17(24)12-19)23(27)26-10-8-16(9-11-26)22-20(31-3)13-18(30-2)14-21(22)32-4/h5-8,12-15,25H,9-11H2,1-4H3. The van der Waals surface area contributed by atoms with Gasteiger partial charge >= 0.3 is 0 Å². The highest BCUT2D eigenvalue weighted by Crippen LogP contribution is 2.40. The van der Waals surface area contributed by atoms with Gasteiger partial charge in [0.2, 0.25) is 15.9 Å². The number of rotatable bonds is 8. The number of nitrogens with zero attached hydrogens (tertiary/aromatic N) is 1. The molecule has 1 N–H and O–H groups in total. The molecule has 0 saturated heterocycles. The third-order valence-corrected chi connectivity index (χ3v) is 7.14. The van der Waals surface area contributed by atoms with Crippen LogP contribution in [0.2, 0.25) is 5.02 Å². The van der Waals surface area contributed by atoms with Crippen molar-refractivity contribution in [1.82, 2.24) is 9.62 Å². The molecule has 0 spiro atoms. The van der Waals surface area contributed by atoms with Gasteiger partial charge in [-0.3, -0.25) is 4.79 Å². The van der Waals surface area contributed by atoms with Crippen molar-refractivity contribution in [3.05, 3.63) is 53.1 Å². The molecule has 1 heterocycles. The Morgan fingerprint density at radius 1 is 1.09 bits per heavy atom. The summed E-state index contributed by atoms with van der Waals surface area (Å²) >= 11 is 5.90. The van der Waals surface area contributed by atoms with E-state index in [4.69, 9.17) is 25.8 Å². The summed E-state index contributed by atoms with van der Waals surface area (Å²) in [5.74, 6) is 1.52. The lowest BCUT2D eigenvalue weighted by atomic mass is 9.97. The Balaban J connectivity index is 1.75. The van der Waals surface area contributed by atoms with Crippen LogP contribution in [0.3, 0.4) is 0 Å². The first-order chi connectivity index (χ1) is 15.7. The Kier molecular flexibility index (Phi) is 7.88. The van der Waals surface area contributed by atoms with Crippen LogP contribution >= 0.6 is 11.6 Å². The lowest BCUT2D eigenvalue weighted by molar-refractivity contribution is -0.132. The van der Waals surface area contributed by atoms with Crippen LogP contribution in [0.15, 0.2) is 47.4 Å². The number of methoxy groups -OCH3 is 3. The summed E-state index contributed by atoms with van der Waals surface area (Å²) < 4.78 is 44.0. The van der Waals surface area contributed by atoms with Crippen LogP contribution < -0.4 is 18.9 Å². The summed E-state index contributed by atoms with van der Waals surface area (Å²) in [6.45, 7) is 2.28. The Bertz CT molecular complexity index is 1140.